The Hall–Kier alpha value is -0.900. The van der Waals surface area contributed by atoms with Crippen molar-refractivity contribution in [3.8, 4) is 0 Å². The second-order valence-electron chi connectivity index (χ2n) is 6.47. The van der Waals surface area contributed by atoms with Crippen LogP contribution in [-0.2, 0) is 17.9 Å². The second-order valence-corrected chi connectivity index (χ2v) is 6.47. The minimum atomic E-state index is 0.529. The molecule has 1 aliphatic heterocycles. The zero-order valence-corrected chi connectivity index (χ0v) is 13.8. The Kier molecular flexibility index (Phi) is 6.68. The minimum absolute atomic E-state index is 0.529. The molecule has 0 amide bonds. The van der Waals surface area contributed by atoms with Crippen LogP contribution in [0, 0.1) is 0 Å². The summed E-state index contributed by atoms with van der Waals surface area (Å²) in [4.78, 5) is 2.46. The molecule has 3 heteroatoms. The molecule has 1 heterocycles. The molecule has 0 bridgehead atoms. The predicted octanol–water partition coefficient (Wildman–Crippen LogP) is 3.19. The first-order valence-electron chi connectivity index (χ1n) is 8.24. The highest BCUT2D eigenvalue weighted by Crippen LogP contribution is 2.17. The van der Waals surface area contributed by atoms with Gasteiger partial charge in [0.15, 0.2) is 0 Å². The Morgan fingerprint density at radius 2 is 1.95 bits per heavy atom. The normalized spacial score (nSPS) is 19.5. The van der Waals surface area contributed by atoms with Gasteiger partial charge >= 0.3 is 0 Å². The largest absolute Gasteiger partial charge is 0.377 e. The van der Waals surface area contributed by atoms with Crippen molar-refractivity contribution in [2.24, 2.45) is 0 Å². The molecule has 1 fully saturated rings. The monoisotopic (exact) mass is 290 g/mol. The van der Waals surface area contributed by atoms with Gasteiger partial charge in [-0.2, -0.15) is 0 Å². The van der Waals surface area contributed by atoms with Crippen LogP contribution in [0.3, 0.4) is 0 Å². The fourth-order valence-corrected chi connectivity index (χ4v) is 2.83. The molecule has 1 N–H and O–H groups in total. The molecule has 0 aliphatic carbocycles. The van der Waals surface area contributed by atoms with Gasteiger partial charge < -0.3 is 15.0 Å². The third kappa shape index (κ3) is 5.77. The van der Waals surface area contributed by atoms with Crippen molar-refractivity contribution in [1.82, 2.24) is 10.2 Å². The number of ether oxygens (including phenoxy) is 1. The van der Waals surface area contributed by atoms with Gasteiger partial charge in [0.05, 0.1) is 6.61 Å². The van der Waals surface area contributed by atoms with E-state index in [0.29, 0.717) is 6.04 Å². The lowest BCUT2D eigenvalue weighted by molar-refractivity contribution is 0.101. The van der Waals surface area contributed by atoms with Gasteiger partial charge in [0.25, 0.3) is 0 Å². The number of nitrogens with zero attached hydrogens (tertiary/aromatic N) is 1. The molecule has 118 valence electrons. The van der Waals surface area contributed by atoms with Gasteiger partial charge in [-0.25, -0.2) is 0 Å². The molecule has 1 aromatic carbocycles. The molecule has 21 heavy (non-hydrogen) atoms. The average molecular weight is 290 g/mol. The van der Waals surface area contributed by atoms with Gasteiger partial charge in [0, 0.05) is 25.2 Å². The Morgan fingerprint density at radius 3 is 2.57 bits per heavy atom. The first-order chi connectivity index (χ1) is 10.1. The third-order valence-electron chi connectivity index (χ3n) is 4.27. The van der Waals surface area contributed by atoms with Crippen molar-refractivity contribution >= 4 is 0 Å². The molecule has 0 aromatic heterocycles. The molecule has 1 unspecified atom stereocenters. The standard InChI is InChI=1S/C18H30N2O/c1-15(2)19-13-16-6-8-17(9-7-16)14-21-12-10-18-5-4-11-20(18)3/h6-9,15,18-19H,4-5,10-14H2,1-3H3. The van der Waals surface area contributed by atoms with Crippen LogP contribution in [-0.4, -0.2) is 37.2 Å². The van der Waals surface area contributed by atoms with Crippen molar-refractivity contribution in [2.45, 2.75) is 58.3 Å². The maximum absolute atomic E-state index is 5.83. The number of hydrogen-bond donors (Lipinski definition) is 1. The third-order valence-corrected chi connectivity index (χ3v) is 4.27. The SMILES string of the molecule is CC(C)NCc1ccc(COCCC2CCCN2C)cc1. The van der Waals surface area contributed by atoms with E-state index in [1.165, 1.54) is 30.5 Å². The van der Waals surface area contributed by atoms with Gasteiger partial charge in [-0.1, -0.05) is 38.1 Å². The van der Waals surface area contributed by atoms with E-state index in [-0.39, 0.29) is 0 Å². The van der Waals surface area contributed by atoms with E-state index in [1.54, 1.807) is 0 Å². The van der Waals surface area contributed by atoms with Gasteiger partial charge in [0.2, 0.25) is 0 Å². The molecule has 0 spiro atoms. The van der Waals surface area contributed by atoms with E-state index in [2.05, 4.69) is 55.4 Å². The Bertz CT molecular complexity index is 402. The highest BCUT2D eigenvalue weighted by Gasteiger charge is 2.19. The van der Waals surface area contributed by atoms with E-state index in [9.17, 15) is 0 Å². The van der Waals surface area contributed by atoms with Gasteiger partial charge in [-0.3, -0.25) is 0 Å². The highest BCUT2D eigenvalue weighted by atomic mass is 16.5. The molecule has 2 rings (SSSR count). The van der Waals surface area contributed by atoms with Crippen LogP contribution < -0.4 is 5.32 Å². The molecular formula is C18H30N2O. The Labute approximate surface area is 129 Å². The first kappa shape index (κ1) is 16.5. The van der Waals surface area contributed by atoms with Crippen LogP contribution in [0.1, 0.15) is 44.2 Å². The predicted molar refractivity (Wildman–Crippen MR) is 88.3 cm³/mol. The van der Waals surface area contributed by atoms with Crippen molar-refractivity contribution in [1.29, 1.82) is 0 Å². The lowest BCUT2D eigenvalue weighted by Gasteiger charge is -2.19. The Morgan fingerprint density at radius 1 is 1.24 bits per heavy atom. The quantitative estimate of drug-likeness (QED) is 0.744. The van der Waals surface area contributed by atoms with Crippen molar-refractivity contribution in [2.75, 3.05) is 20.2 Å². The molecule has 3 nitrogen and oxygen atoms in total. The summed E-state index contributed by atoms with van der Waals surface area (Å²) in [7, 11) is 2.22. The molecule has 1 aliphatic rings. The average Bonchev–Trinajstić information content (AvgIpc) is 2.88. The topological polar surface area (TPSA) is 24.5 Å². The molecule has 1 atom stereocenters. The summed E-state index contributed by atoms with van der Waals surface area (Å²) >= 11 is 0. The van der Waals surface area contributed by atoms with Crippen LogP contribution >= 0.6 is 0 Å². The van der Waals surface area contributed by atoms with Crippen molar-refractivity contribution < 1.29 is 4.74 Å². The van der Waals surface area contributed by atoms with Crippen LogP contribution in [0.15, 0.2) is 24.3 Å². The van der Waals surface area contributed by atoms with Crippen LogP contribution in [0.2, 0.25) is 0 Å². The van der Waals surface area contributed by atoms with Gasteiger partial charge in [-0.05, 0) is 44.0 Å². The lowest BCUT2D eigenvalue weighted by atomic mass is 10.1. The second kappa shape index (κ2) is 8.52. The Balaban J connectivity index is 1.64. The van der Waals surface area contributed by atoms with Crippen LogP contribution in [0.25, 0.3) is 0 Å². The lowest BCUT2D eigenvalue weighted by Crippen LogP contribution is -2.26. The first-order valence-corrected chi connectivity index (χ1v) is 8.24. The van der Waals surface area contributed by atoms with Crippen molar-refractivity contribution in [3.05, 3.63) is 35.4 Å². The van der Waals surface area contributed by atoms with Gasteiger partial charge in [0.1, 0.15) is 0 Å². The number of nitrogens with one attached hydrogen (secondary N) is 1. The molecular weight excluding hydrogens is 260 g/mol. The number of likely N-dealkylation sites (tertiary alicyclic amines) is 1. The van der Waals surface area contributed by atoms with Gasteiger partial charge in [-0.15, -0.1) is 0 Å². The van der Waals surface area contributed by atoms with Crippen molar-refractivity contribution in [3.63, 3.8) is 0 Å². The summed E-state index contributed by atoms with van der Waals surface area (Å²) in [6.07, 6.45) is 3.83. The fraction of sp³-hybridized carbons (Fsp3) is 0.667. The number of rotatable bonds is 8. The van der Waals surface area contributed by atoms with Crippen LogP contribution in [0.4, 0.5) is 0 Å². The number of benzene rings is 1. The minimum Gasteiger partial charge on any atom is -0.377 e. The zero-order valence-electron chi connectivity index (χ0n) is 13.8. The van der Waals surface area contributed by atoms with Crippen LogP contribution in [0.5, 0.6) is 0 Å². The summed E-state index contributed by atoms with van der Waals surface area (Å²) in [5, 5.41) is 3.43. The summed E-state index contributed by atoms with van der Waals surface area (Å²) in [6, 6.07) is 10.0. The maximum atomic E-state index is 5.83. The molecule has 0 saturated carbocycles. The maximum Gasteiger partial charge on any atom is 0.0716 e. The molecule has 1 saturated heterocycles. The molecule has 1 aromatic rings. The van der Waals surface area contributed by atoms with E-state index in [0.717, 1.165) is 32.2 Å². The van der Waals surface area contributed by atoms with E-state index in [4.69, 9.17) is 4.74 Å². The smallest absolute Gasteiger partial charge is 0.0716 e. The summed E-state index contributed by atoms with van der Waals surface area (Å²) in [5.74, 6) is 0. The summed E-state index contributed by atoms with van der Waals surface area (Å²) < 4.78 is 5.83. The zero-order chi connectivity index (χ0) is 15.1. The number of hydrogen-bond acceptors (Lipinski definition) is 3. The highest BCUT2D eigenvalue weighted by molar-refractivity contribution is 5.21. The summed E-state index contributed by atoms with van der Waals surface area (Å²) in [6.45, 7) is 8.12. The molecule has 0 radical (unpaired) electrons. The summed E-state index contributed by atoms with van der Waals surface area (Å²) in [5.41, 5.74) is 2.60. The van der Waals surface area contributed by atoms with E-state index >= 15 is 0 Å². The van der Waals surface area contributed by atoms with E-state index in [1.807, 2.05) is 0 Å². The van der Waals surface area contributed by atoms with E-state index < -0.39 is 0 Å². The fourth-order valence-electron chi connectivity index (χ4n) is 2.83.